The van der Waals surface area contributed by atoms with Crippen molar-refractivity contribution < 1.29 is 0 Å². The Morgan fingerprint density at radius 3 is 2.92 bits per heavy atom. The molecule has 0 atom stereocenters. The van der Waals surface area contributed by atoms with E-state index in [1.54, 1.807) is 6.33 Å². The molecule has 2 aromatic heterocycles. The van der Waals surface area contributed by atoms with Gasteiger partial charge in [-0.05, 0) is 25.0 Å². The van der Waals surface area contributed by atoms with Crippen molar-refractivity contribution in [3.8, 4) is 0 Å². The number of H-pyrrole nitrogens is 1. The van der Waals surface area contributed by atoms with Crippen molar-refractivity contribution in [3.05, 3.63) is 47.9 Å². The average molecular weight is 353 g/mol. The van der Waals surface area contributed by atoms with Crippen molar-refractivity contribution in [2.75, 3.05) is 41.4 Å². The highest BCUT2D eigenvalue weighted by molar-refractivity contribution is 7.99. The predicted molar refractivity (Wildman–Crippen MR) is 107 cm³/mol. The number of hydrogen-bond donors (Lipinski definition) is 2. The van der Waals surface area contributed by atoms with Crippen molar-refractivity contribution in [2.24, 2.45) is 0 Å². The van der Waals surface area contributed by atoms with Crippen LogP contribution in [0.4, 0.5) is 11.6 Å². The summed E-state index contributed by atoms with van der Waals surface area (Å²) in [6.45, 7) is 5.13. The van der Waals surface area contributed by atoms with E-state index in [0.717, 1.165) is 37.7 Å². The fourth-order valence-electron chi connectivity index (χ4n) is 3.38. The maximum atomic E-state index is 4.44. The van der Waals surface area contributed by atoms with Gasteiger partial charge in [-0.3, -0.25) is 0 Å². The number of hydrogen-bond acceptors (Lipinski definition) is 5. The Bertz CT molecular complexity index is 854. The van der Waals surface area contributed by atoms with Gasteiger partial charge in [-0.25, -0.2) is 9.97 Å². The molecule has 3 heterocycles. The minimum atomic E-state index is 0.856. The molecule has 6 heteroatoms. The van der Waals surface area contributed by atoms with E-state index in [2.05, 4.69) is 62.4 Å². The fraction of sp³-hybridized carbons (Fsp3) is 0.368. The first-order chi connectivity index (χ1) is 12.3. The average Bonchev–Trinajstić information content (AvgIpc) is 2.98. The fourth-order valence-corrected chi connectivity index (χ4v) is 4.28. The van der Waals surface area contributed by atoms with Gasteiger partial charge in [-0.1, -0.05) is 18.2 Å². The molecule has 1 saturated heterocycles. The van der Waals surface area contributed by atoms with Crippen LogP contribution >= 0.6 is 11.8 Å². The Labute approximate surface area is 152 Å². The molecule has 1 aliphatic heterocycles. The van der Waals surface area contributed by atoms with Crippen LogP contribution in [0.25, 0.3) is 10.9 Å². The maximum Gasteiger partial charge on any atom is 0.134 e. The zero-order valence-electron chi connectivity index (χ0n) is 14.5. The Morgan fingerprint density at radius 2 is 2.04 bits per heavy atom. The molecule has 0 aliphatic carbocycles. The van der Waals surface area contributed by atoms with Gasteiger partial charge in [0.2, 0.25) is 0 Å². The van der Waals surface area contributed by atoms with Crippen LogP contribution in [-0.2, 0) is 6.42 Å². The molecule has 0 unspecified atom stereocenters. The number of rotatable bonds is 5. The molecule has 1 aromatic carbocycles. The molecular weight excluding hydrogens is 330 g/mol. The molecule has 130 valence electrons. The summed E-state index contributed by atoms with van der Waals surface area (Å²) in [5.74, 6) is 4.28. The zero-order chi connectivity index (χ0) is 17.1. The predicted octanol–water partition coefficient (Wildman–Crippen LogP) is 3.47. The molecule has 1 fully saturated rings. The van der Waals surface area contributed by atoms with Gasteiger partial charge in [0, 0.05) is 53.8 Å². The lowest BCUT2D eigenvalue weighted by atomic mass is 10.1. The zero-order valence-corrected chi connectivity index (χ0v) is 15.3. The van der Waals surface area contributed by atoms with Crippen LogP contribution in [0.1, 0.15) is 11.3 Å². The van der Waals surface area contributed by atoms with Gasteiger partial charge in [0.25, 0.3) is 0 Å². The first-order valence-corrected chi connectivity index (χ1v) is 9.91. The number of nitrogens with zero attached hydrogens (tertiary/aromatic N) is 3. The van der Waals surface area contributed by atoms with E-state index in [-0.39, 0.29) is 0 Å². The van der Waals surface area contributed by atoms with Crippen LogP contribution in [0.15, 0.2) is 36.7 Å². The Morgan fingerprint density at radius 1 is 1.20 bits per heavy atom. The van der Waals surface area contributed by atoms with Crippen LogP contribution < -0.4 is 10.2 Å². The highest BCUT2D eigenvalue weighted by Gasteiger charge is 2.13. The first-order valence-electron chi connectivity index (χ1n) is 8.76. The molecular formula is C19H23N5S. The van der Waals surface area contributed by atoms with Gasteiger partial charge >= 0.3 is 0 Å². The minimum absolute atomic E-state index is 0.856. The summed E-state index contributed by atoms with van der Waals surface area (Å²) in [4.78, 5) is 14.6. The van der Waals surface area contributed by atoms with E-state index in [1.165, 1.54) is 33.7 Å². The second-order valence-electron chi connectivity index (χ2n) is 6.31. The molecule has 5 nitrogen and oxygen atoms in total. The normalized spacial score (nSPS) is 14.8. The number of aromatic nitrogens is 3. The highest BCUT2D eigenvalue weighted by Crippen LogP contribution is 2.23. The molecule has 25 heavy (non-hydrogen) atoms. The summed E-state index contributed by atoms with van der Waals surface area (Å²) in [5, 5.41) is 4.77. The van der Waals surface area contributed by atoms with Crippen molar-refractivity contribution in [1.29, 1.82) is 0 Å². The van der Waals surface area contributed by atoms with Crippen molar-refractivity contribution >= 4 is 34.3 Å². The van der Waals surface area contributed by atoms with Crippen molar-refractivity contribution in [1.82, 2.24) is 15.0 Å². The molecule has 3 aromatic rings. The highest BCUT2D eigenvalue weighted by atomic mass is 32.2. The lowest BCUT2D eigenvalue weighted by Gasteiger charge is -2.27. The molecule has 0 bridgehead atoms. The van der Waals surface area contributed by atoms with Gasteiger partial charge in [-0.15, -0.1) is 0 Å². The number of aromatic amines is 1. The third kappa shape index (κ3) is 3.58. The summed E-state index contributed by atoms with van der Waals surface area (Å²) in [6.07, 6.45) is 2.63. The van der Waals surface area contributed by atoms with Gasteiger partial charge in [-0.2, -0.15) is 11.8 Å². The second-order valence-corrected chi connectivity index (χ2v) is 7.54. The monoisotopic (exact) mass is 353 g/mol. The molecule has 0 radical (unpaired) electrons. The summed E-state index contributed by atoms with van der Waals surface area (Å²) < 4.78 is 0. The molecule has 0 spiro atoms. The van der Waals surface area contributed by atoms with E-state index in [9.17, 15) is 0 Å². The van der Waals surface area contributed by atoms with Crippen LogP contribution in [-0.4, -0.2) is 46.1 Å². The van der Waals surface area contributed by atoms with Crippen LogP contribution in [0, 0.1) is 6.92 Å². The lowest BCUT2D eigenvalue weighted by molar-refractivity contribution is 0.834. The third-order valence-corrected chi connectivity index (χ3v) is 5.64. The maximum absolute atomic E-state index is 4.44. The standard InChI is InChI=1S/C19H23N5S/c1-14-15(16-4-2-3-5-17(16)23-14)6-7-20-18-12-19(22-13-21-18)24-8-10-25-11-9-24/h2-5,12-13,23H,6-11H2,1H3,(H,20,21,22). The quantitative estimate of drug-likeness (QED) is 0.735. The largest absolute Gasteiger partial charge is 0.370 e. The Balaban J connectivity index is 1.42. The lowest BCUT2D eigenvalue weighted by Crippen LogP contribution is -2.33. The SMILES string of the molecule is Cc1[nH]c2ccccc2c1CCNc1cc(N2CCSCC2)ncn1. The van der Waals surface area contributed by atoms with Crippen LogP contribution in [0.2, 0.25) is 0 Å². The third-order valence-electron chi connectivity index (χ3n) is 4.70. The summed E-state index contributed by atoms with van der Waals surface area (Å²) in [5.41, 5.74) is 3.84. The van der Waals surface area contributed by atoms with E-state index >= 15 is 0 Å². The van der Waals surface area contributed by atoms with Gasteiger partial charge < -0.3 is 15.2 Å². The number of aryl methyl sites for hydroxylation is 1. The molecule has 4 rings (SSSR count). The van der Waals surface area contributed by atoms with Gasteiger partial charge in [0.1, 0.15) is 18.0 Å². The Kier molecular flexibility index (Phi) is 4.78. The Hall–Kier alpha value is -2.21. The number of anilines is 2. The number of benzene rings is 1. The number of nitrogens with one attached hydrogen (secondary N) is 2. The number of para-hydroxylation sites is 1. The van der Waals surface area contributed by atoms with Crippen LogP contribution in [0.5, 0.6) is 0 Å². The van der Waals surface area contributed by atoms with E-state index < -0.39 is 0 Å². The molecule has 2 N–H and O–H groups in total. The number of thioether (sulfide) groups is 1. The second kappa shape index (κ2) is 7.35. The first kappa shape index (κ1) is 16.3. The van der Waals surface area contributed by atoms with Crippen molar-refractivity contribution in [3.63, 3.8) is 0 Å². The van der Waals surface area contributed by atoms with Crippen molar-refractivity contribution in [2.45, 2.75) is 13.3 Å². The summed E-state index contributed by atoms with van der Waals surface area (Å²) >= 11 is 2.01. The van der Waals surface area contributed by atoms with Crippen LogP contribution in [0.3, 0.4) is 0 Å². The van der Waals surface area contributed by atoms with Gasteiger partial charge in [0.15, 0.2) is 0 Å². The molecule has 0 amide bonds. The minimum Gasteiger partial charge on any atom is -0.370 e. The van der Waals surface area contributed by atoms with E-state index in [4.69, 9.17) is 0 Å². The van der Waals surface area contributed by atoms with E-state index in [1.807, 2.05) is 11.8 Å². The summed E-state index contributed by atoms with van der Waals surface area (Å²) in [7, 11) is 0. The van der Waals surface area contributed by atoms with Gasteiger partial charge in [0.05, 0.1) is 0 Å². The van der Waals surface area contributed by atoms with E-state index in [0.29, 0.717) is 0 Å². The smallest absolute Gasteiger partial charge is 0.134 e. The molecule has 0 saturated carbocycles. The number of fused-ring (bicyclic) bond motifs is 1. The molecule has 1 aliphatic rings. The summed E-state index contributed by atoms with van der Waals surface area (Å²) in [6, 6.07) is 10.6. The topological polar surface area (TPSA) is 56.8 Å².